The minimum atomic E-state index is -0.336. The molecule has 4 nitrogen and oxygen atoms in total. The van der Waals surface area contributed by atoms with Gasteiger partial charge in [0.05, 0.1) is 12.0 Å². The summed E-state index contributed by atoms with van der Waals surface area (Å²) in [5.74, 6) is 0.0510. The first kappa shape index (κ1) is 16.9. The van der Waals surface area contributed by atoms with Crippen LogP contribution in [0.25, 0.3) is 0 Å². The second kappa shape index (κ2) is 7.32. The van der Waals surface area contributed by atoms with Crippen molar-refractivity contribution in [2.75, 3.05) is 33.3 Å². The Labute approximate surface area is 145 Å². The molecule has 0 spiro atoms. The SMILES string of the molecule is COc1ccc(CN2CCN(C(=O)c3sccc3C)CC2)cc1F. The second-order valence-electron chi connectivity index (χ2n) is 5.97. The van der Waals surface area contributed by atoms with E-state index in [-0.39, 0.29) is 17.5 Å². The van der Waals surface area contributed by atoms with Gasteiger partial charge in [0.1, 0.15) is 0 Å². The first-order chi connectivity index (χ1) is 11.6. The van der Waals surface area contributed by atoms with E-state index >= 15 is 0 Å². The molecule has 24 heavy (non-hydrogen) atoms. The van der Waals surface area contributed by atoms with Crippen LogP contribution < -0.4 is 4.74 Å². The molecule has 1 fully saturated rings. The van der Waals surface area contributed by atoms with Crippen LogP contribution in [0.15, 0.2) is 29.6 Å². The number of carbonyl (C=O) groups excluding carboxylic acids is 1. The molecule has 3 rings (SSSR count). The maximum atomic E-state index is 13.8. The summed E-state index contributed by atoms with van der Waals surface area (Å²) in [6, 6.07) is 7.04. The molecule has 6 heteroatoms. The number of rotatable bonds is 4. The molecule has 1 aliphatic heterocycles. The number of hydrogen-bond donors (Lipinski definition) is 0. The minimum Gasteiger partial charge on any atom is -0.494 e. The lowest BCUT2D eigenvalue weighted by Crippen LogP contribution is -2.48. The van der Waals surface area contributed by atoms with Gasteiger partial charge in [0.25, 0.3) is 5.91 Å². The molecule has 0 radical (unpaired) electrons. The van der Waals surface area contributed by atoms with Crippen LogP contribution in [0.4, 0.5) is 4.39 Å². The molecule has 0 saturated carbocycles. The Morgan fingerprint density at radius 2 is 2.00 bits per heavy atom. The quantitative estimate of drug-likeness (QED) is 0.851. The van der Waals surface area contributed by atoms with Gasteiger partial charge in [-0.2, -0.15) is 0 Å². The highest BCUT2D eigenvalue weighted by Gasteiger charge is 2.24. The number of methoxy groups -OCH3 is 1. The molecule has 0 bridgehead atoms. The first-order valence-corrected chi connectivity index (χ1v) is 8.84. The Balaban J connectivity index is 1.56. The Hall–Kier alpha value is -1.92. The lowest BCUT2D eigenvalue weighted by Gasteiger charge is -2.34. The number of hydrogen-bond acceptors (Lipinski definition) is 4. The summed E-state index contributed by atoms with van der Waals surface area (Å²) in [6.45, 7) is 5.65. The average molecular weight is 348 g/mol. The Kier molecular flexibility index (Phi) is 5.16. The van der Waals surface area contributed by atoms with Crippen molar-refractivity contribution in [3.05, 3.63) is 51.5 Å². The molecule has 0 unspecified atom stereocenters. The van der Waals surface area contributed by atoms with E-state index in [0.717, 1.165) is 29.1 Å². The molecule has 1 aromatic carbocycles. The monoisotopic (exact) mass is 348 g/mol. The molecule has 1 amide bonds. The summed E-state index contributed by atoms with van der Waals surface area (Å²) in [7, 11) is 1.46. The van der Waals surface area contributed by atoms with Gasteiger partial charge >= 0.3 is 0 Å². The number of ether oxygens (including phenoxy) is 1. The van der Waals surface area contributed by atoms with Crippen molar-refractivity contribution < 1.29 is 13.9 Å². The third kappa shape index (κ3) is 3.60. The average Bonchev–Trinajstić information content (AvgIpc) is 3.01. The van der Waals surface area contributed by atoms with E-state index in [0.29, 0.717) is 19.6 Å². The van der Waals surface area contributed by atoms with Crippen LogP contribution in [0.3, 0.4) is 0 Å². The van der Waals surface area contributed by atoms with E-state index in [1.807, 2.05) is 29.3 Å². The van der Waals surface area contributed by atoms with Gasteiger partial charge in [-0.1, -0.05) is 6.07 Å². The molecule has 128 valence electrons. The number of amides is 1. The number of benzene rings is 1. The third-order valence-electron chi connectivity index (χ3n) is 4.34. The van der Waals surface area contributed by atoms with E-state index in [2.05, 4.69) is 4.90 Å². The predicted octanol–water partition coefficient (Wildman–Crippen LogP) is 3.16. The van der Waals surface area contributed by atoms with E-state index in [9.17, 15) is 9.18 Å². The van der Waals surface area contributed by atoms with Crippen molar-refractivity contribution in [2.45, 2.75) is 13.5 Å². The Bertz CT molecular complexity index is 724. The van der Waals surface area contributed by atoms with Crippen LogP contribution in [-0.4, -0.2) is 49.0 Å². The highest BCUT2D eigenvalue weighted by Crippen LogP contribution is 2.21. The lowest BCUT2D eigenvalue weighted by atomic mass is 10.1. The number of piperazine rings is 1. The number of nitrogens with zero attached hydrogens (tertiary/aromatic N) is 2. The topological polar surface area (TPSA) is 32.8 Å². The van der Waals surface area contributed by atoms with Gasteiger partial charge < -0.3 is 9.64 Å². The standard InChI is InChI=1S/C18H21FN2O2S/c1-13-5-10-24-17(13)18(22)21-8-6-20(7-9-21)12-14-3-4-16(23-2)15(19)11-14/h3-5,10-11H,6-9,12H2,1-2H3. The van der Waals surface area contributed by atoms with Crippen LogP contribution in [0.1, 0.15) is 20.8 Å². The van der Waals surface area contributed by atoms with Gasteiger partial charge in [0.2, 0.25) is 0 Å². The molecule has 2 aromatic rings. The van der Waals surface area contributed by atoms with Crippen molar-refractivity contribution in [1.82, 2.24) is 9.80 Å². The molecular weight excluding hydrogens is 327 g/mol. The van der Waals surface area contributed by atoms with Crippen LogP contribution in [0.5, 0.6) is 5.75 Å². The van der Waals surface area contributed by atoms with Gasteiger partial charge in [-0.25, -0.2) is 4.39 Å². The zero-order valence-electron chi connectivity index (χ0n) is 13.9. The number of aryl methyl sites for hydroxylation is 1. The molecule has 1 aliphatic rings. The van der Waals surface area contributed by atoms with Crippen molar-refractivity contribution in [2.24, 2.45) is 0 Å². The second-order valence-corrected chi connectivity index (χ2v) is 6.89. The highest BCUT2D eigenvalue weighted by atomic mass is 32.1. The molecule has 0 aliphatic carbocycles. The minimum absolute atomic E-state index is 0.123. The molecular formula is C18H21FN2O2S. The van der Waals surface area contributed by atoms with E-state index in [1.165, 1.54) is 24.5 Å². The van der Waals surface area contributed by atoms with E-state index in [4.69, 9.17) is 4.74 Å². The summed E-state index contributed by atoms with van der Waals surface area (Å²) in [5.41, 5.74) is 1.96. The third-order valence-corrected chi connectivity index (χ3v) is 5.34. The smallest absolute Gasteiger partial charge is 0.264 e. The fraction of sp³-hybridized carbons (Fsp3) is 0.389. The summed E-state index contributed by atoms with van der Waals surface area (Å²) >= 11 is 1.50. The van der Waals surface area contributed by atoms with Crippen LogP contribution in [0, 0.1) is 12.7 Å². The molecule has 2 heterocycles. The normalized spacial score (nSPS) is 15.5. The van der Waals surface area contributed by atoms with E-state index < -0.39 is 0 Å². The predicted molar refractivity (Wildman–Crippen MR) is 93.2 cm³/mol. The fourth-order valence-corrected chi connectivity index (χ4v) is 3.80. The van der Waals surface area contributed by atoms with Gasteiger partial charge in [-0.3, -0.25) is 9.69 Å². The molecule has 1 aromatic heterocycles. The van der Waals surface area contributed by atoms with E-state index in [1.54, 1.807) is 6.07 Å². The first-order valence-electron chi connectivity index (χ1n) is 7.96. The van der Waals surface area contributed by atoms with Gasteiger partial charge in [0.15, 0.2) is 11.6 Å². The van der Waals surface area contributed by atoms with Crippen LogP contribution >= 0.6 is 11.3 Å². The van der Waals surface area contributed by atoms with Crippen molar-refractivity contribution in [1.29, 1.82) is 0 Å². The van der Waals surface area contributed by atoms with Crippen molar-refractivity contribution in [3.8, 4) is 5.75 Å². The zero-order chi connectivity index (χ0) is 17.1. The highest BCUT2D eigenvalue weighted by molar-refractivity contribution is 7.12. The summed E-state index contributed by atoms with van der Waals surface area (Å²) in [5, 5.41) is 1.96. The molecule has 0 N–H and O–H groups in total. The fourth-order valence-electron chi connectivity index (χ4n) is 2.91. The zero-order valence-corrected chi connectivity index (χ0v) is 14.7. The molecule has 0 atom stereocenters. The lowest BCUT2D eigenvalue weighted by molar-refractivity contribution is 0.0632. The van der Waals surface area contributed by atoms with Crippen molar-refractivity contribution in [3.63, 3.8) is 0 Å². The summed E-state index contributed by atoms with van der Waals surface area (Å²) in [6.07, 6.45) is 0. The maximum absolute atomic E-state index is 13.8. The largest absolute Gasteiger partial charge is 0.494 e. The van der Waals surface area contributed by atoms with Crippen LogP contribution in [-0.2, 0) is 6.54 Å². The molecule has 1 saturated heterocycles. The number of halogens is 1. The van der Waals surface area contributed by atoms with Gasteiger partial charge in [-0.15, -0.1) is 11.3 Å². The maximum Gasteiger partial charge on any atom is 0.264 e. The van der Waals surface area contributed by atoms with Gasteiger partial charge in [-0.05, 0) is 41.6 Å². The van der Waals surface area contributed by atoms with Crippen LogP contribution in [0.2, 0.25) is 0 Å². The van der Waals surface area contributed by atoms with Crippen molar-refractivity contribution >= 4 is 17.2 Å². The Morgan fingerprint density at radius 1 is 1.25 bits per heavy atom. The Morgan fingerprint density at radius 3 is 2.58 bits per heavy atom. The summed E-state index contributed by atoms with van der Waals surface area (Å²) in [4.78, 5) is 17.5. The van der Waals surface area contributed by atoms with Gasteiger partial charge in [0, 0.05) is 32.7 Å². The number of carbonyl (C=O) groups is 1. The summed E-state index contributed by atoms with van der Waals surface area (Å²) < 4.78 is 18.7. The number of thiophene rings is 1.